The van der Waals surface area contributed by atoms with Gasteiger partial charge in [0.15, 0.2) is 17.3 Å². The number of methoxy groups -OCH3 is 2. The van der Waals surface area contributed by atoms with Crippen LogP contribution < -0.4 is 15.2 Å². The number of aromatic nitrogens is 2. The molecule has 0 spiro atoms. The molecule has 0 saturated carbocycles. The Balaban J connectivity index is 1.89. The van der Waals surface area contributed by atoms with E-state index in [1.807, 2.05) is 0 Å². The van der Waals surface area contributed by atoms with Gasteiger partial charge in [0.05, 0.1) is 25.3 Å². The Morgan fingerprint density at radius 1 is 1.04 bits per heavy atom. The molecule has 1 aromatic heterocycles. The summed E-state index contributed by atoms with van der Waals surface area (Å²) < 4.78 is 11.3. The van der Waals surface area contributed by atoms with E-state index in [4.69, 9.17) is 9.47 Å². The molecule has 3 aromatic rings. The van der Waals surface area contributed by atoms with E-state index in [9.17, 15) is 9.59 Å². The Kier molecular flexibility index (Phi) is 4.76. The van der Waals surface area contributed by atoms with E-state index < -0.39 is 0 Å². The zero-order chi connectivity index (χ0) is 18.0. The number of carbonyl (C=O) groups is 1. The molecule has 0 atom stereocenters. The van der Waals surface area contributed by atoms with E-state index in [1.54, 1.807) is 50.6 Å². The number of H-pyrrole nitrogens is 2. The molecule has 0 saturated heterocycles. The second-order valence-corrected chi connectivity index (χ2v) is 6.12. The third-order valence-corrected chi connectivity index (χ3v) is 4.40. The van der Waals surface area contributed by atoms with Gasteiger partial charge in [-0.2, -0.15) is 0 Å². The third kappa shape index (κ3) is 3.51. The number of ether oxygens (including phenoxy) is 2. The van der Waals surface area contributed by atoms with Crippen molar-refractivity contribution in [2.45, 2.75) is 0 Å². The highest BCUT2D eigenvalue weighted by Crippen LogP contribution is 2.33. The smallest absolute Gasteiger partial charge is 0.323 e. The normalized spacial score (nSPS) is 11.2. The second-order valence-electron chi connectivity index (χ2n) is 5.27. The maximum absolute atomic E-state index is 12.4. The van der Waals surface area contributed by atoms with Gasteiger partial charge < -0.3 is 19.4 Å². The molecule has 0 aliphatic heterocycles. The number of allylic oxidation sites excluding steroid dienone is 1. The molecule has 1 heterocycles. The molecule has 2 N–H and O–H groups in total. The van der Waals surface area contributed by atoms with Gasteiger partial charge in [-0.05, 0) is 48.0 Å². The van der Waals surface area contributed by atoms with Crippen molar-refractivity contribution in [2.24, 2.45) is 0 Å². The van der Waals surface area contributed by atoms with Crippen LogP contribution in [0.3, 0.4) is 0 Å². The van der Waals surface area contributed by atoms with E-state index in [1.165, 1.54) is 6.08 Å². The number of hydrogen-bond acceptors (Lipinski definition) is 4. The van der Waals surface area contributed by atoms with Crippen LogP contribution in [0.1, 0.15) is 15.9 Å². The molecule has 0 fully saturated rings. The summed E-state index contributed by atoms with van der Waals surface area (Å²) >= 11 is 3.45. The highest BCUT2D eigenvalue weighted by Gasteiger charge is 2.09. The summed E-state index contributed by atoms with van der Waals surface area (Å²) in [6, 6.07) is 8.56. The van der Waals surface area contributed by atoms with E-state index in [-0.39, 0.29) is 11.5 Å². The Bertz CT molecular complexity index is 1030. The van der Waals surface area contributed by atoms with Gasteiger partial charge in [-0.3, -0.25) is 4.79 Å². The first-order valence-corrected chi connectivity index (χ1v) is 8.17. The van der Waals surface area contributed by atoms with Crippen molar-refractivity contribution in [2.75, 3.05) is 14.2 Å². The number of nitrogens with one attached hydrogen (secondary N) is 2. The van der Waals surface area contributed by atoms with Crippen molar-refractivity contribution in [3.8, 4) is 11.5 Å². The minimum absolute atomic E-state index is 0.175. The molecule has 128 valence electrons. The highest BCUT2D eigenvalue weighted by molar-refractivity contribution is 9.10. The summed E-state index contributed by atoms with van der Waals surface area (Å²) in [5.74, 6) is 0.995. The Labute approximate surface area is 151 Å². The highest BCUT2D eigenvalue weighted by atomic mass is 79.9. The topological polar surface area (TPSA) is 84.2 Å². The SMILES string of the molecule is COc1cc(Br)c(/C=C/C(=O)c2ccc3[nH]c(=O)[nH]c3c2)cc1OC. The van der Waals surface area contributed by atoms with Crippen LogP contribution >= 0.6 is 15.9 Å². The Morgan fingerprint density at radius 3 is 2.44 bits per heavy atom. The van der Waals surface area contributed by atoms with Gasteiger partial charge in [-0.25, -0.2) is 4.79 Å². The van der Waals surface area contributed by atoms with Crippen molar-refractivity contribution in [3.63, 3.8) is 0 Å². The second kappa shape index (κ2) is 6.98. The number of hydrogen-bond donors (Lipinski definition) is 2. The lowest BCUT2D eigenvalue weighted by molar-refractivity contribution is 0.104. The maximum atomic E-state index is 12.4. The van der Waals surface area contributed by atoms with Gasteiger partial charge in [0.2, 0.25) is 0 Å². The van der Waals surface area contributed by atoms with Crippen LogP contribution in [-0.4, -0.2) is 30.0 Å². The Morgan fingerprint density at radius 2 is 1.72 bits per heavy atom. The van der Waals surface area contributed by atoms with Crippen LogP contribution in [0.2, 0.25) is 0 Å². The van der Waals surface area contributed by atoms with Crippen molar-refractivity contribution >= 4 is 38.8 Å². The van der Waals surface area contributed by atoms with Gasteiger partial charge in [0.25, 0.3) is 0 Å². The van der Waals surface area contributed by atoms with Crippen LogP contribution in [0.25, 0.3) is 17.1 Å². The van der Waals surface area contributed by atoms with Gasteiger partial charge in [0, 0.05) is 10.0 Å². The lowest BCUT2D eigenvalue weighted by Crippen LogP contribution is -1.99. The van der Waals surface area contributed by atoms with Crippen LogP contribution in [0.15, 0.2) is 45.7 Å². The molecule has 0 bridgehead atoms. The molecule has 0 unspecified atom stereocenters. The first-order valence-electron chi connectivity index (χ1n) is 7.38. The number of fused-ring (bicyclic) bond motifs is 1. The first-order chi connectivity index (χ1) is 12.0. The molecule has 25 heavy (non-hydrogen) atoms. The minimum atomic E-state index is -0.301. The molecule has 0 amide bonds. The average Bonchev–Trinajstić information content (AvgIpc) is 2.99. The third-order valence-electron chi connectivity index (χ3n) is 3.72. The number of imidazole rings is 1. The number of rotatable bonds is 5. The number of ketones is 1. The predicted octanol–water partition coefficient (Wildman–Crippen LogP) is 3.53. The van der Waals surface area contributed by atoms with Crippen molar-refractivity contribution in [3.05, 3.63) is 62.5 Å². The molecule has 0 aliphatic carbocycles. The molecule has 2 aromatic carbocycles. The van der Waals surface area contributed by atoms with E-state index in [0.29, 0.717) is 28.1 Å². The molecule has 0 aliphatic rings. The summed E-state index contributed by atoms with van der Waals surface area (Å²) in [5, 5.41) is 0. The van der Waals surface area contributed by atoms with Crippen LogP contribution in [0.5, 0.6) is 11.5 Å². The number of halogens is 1. The van der Waals surface area contributed by atoms with Crippen LogP contribution in [0, 0.1) is 0 Å². The zero-order valence-electron chi connectivity index (χ0n) is 13.6. The zero-order valence-corrected chi connectivity index (χ0v) is 15.1. The van der Waals surface area contributed by atoms with Gasteiger partial charge in [-0.1, -0.05) is 15.9 Å². The maximum Gasteiger partial charge on any atom is 0.323 e. The van der Waals surface area contributed by atoms with E-state index in [2.05, 4.69) is 25.9 Å². The van der Waals surface area contributed by atoms with Crippen molar-refractivity contribution in [1.29, 1.82) is 0 Å². The summed E-state index contributed by atoms with van der Waals surface area (Å²) in [6.45, 7) is 0. The fourth-order valence-electron chi connectivity index (χ4n) is 2.45. The van der Waals surface area contributed by atoms with Crippen molar-refractivity contribution < 1.29 is 14.3 Å². The number of benzene rings is 2. The molecule has 6 nitrogen and oxygen atoms in total. The van der Waals surface area contributed by atoms with Crippen LogP contribution in [0.4, 0.5) is 0 Å². The Hall–Kier alpha value is -2.80. The summed E-state index contributed by atoms with van der Waals surface area (Å²) in [5.41, 5.74) is 2.21. The predicted molar refractivity (Wildman–Crippen MR) is 99.5 cm³/mol. The lowest BCUT2D eigenvalue weighted by atomic mass is 10.1. The number of carbonyl (C=O) groups excluding carboxylic acids is 1. The van der Waals surface area contributed by atoms with E-state index >= 15 is 0 Å². The minimum Gasteiger partial charge on any atom is -0.493 e. The summed E-state index contributed by atoms with van der Waals surface area (Å²) in [7, 11) is 3.11. The molecule has 3 rings (SSSR count). The monoisotopic (exact) mass is 402 g/mol. The number of aromatic amines is 2. The quantitative estimate of drug-likeness (QED) is 0.504. The molecular weight excluding hydrogens is 388 g/mol. The first kappa shape index (κ1) is 17.0. The average molecular weight is 403 g/mol. The summed E-state index contributed by atoms with van der Waals surface area (Å²) in [4.78, 5) is 29.0. The van der Waals surface area contributed by atoms with Crippen LogP contribution in [-0.2, 0) is 0 Å². The van der Waals surface area contributed by atoms with Gasteiger partial charge in [-0.15, -0.1) is 0 Å². The van der Waals surface area contributed by atoms with E-state index in [0.717, 1.165) is 10.0 Å². The summed E-state index contributed by atoms with van der Waals surface area (Å²) in [6.07, 6.45) is 3.16. The largest absolute Gasteiger partial charge is 0.493 e. The fraction of sp³-hybridized carbons (Fsp3) is 0.111. The van der Waals surface area contributed by atoms with Crippen molar-refractivity contribution in [1.82, 2.24) is 9.97 Å². The fourth-order valence-corrected chi connectivity index (χ4v) is 2.90. The molecule has 0 radical (unpaired) electrons. The lowest BCUT2D eigenvalue weighted by Gasteiger charge is -2.09. The van der Waals surface area contributed by atoms with Gasteiger partial charge in [0.1, 0.15) is 0 Å². The standard InChI is InChI=1S/C18H15BrN2O4/c1-24-16-8-10(12(19)9-17(16)25-2)4-6-15(22)11-3-5-13-14(7-11)21-18(23)20-13/h3-9H,1-2H3,(H2,20,21,23)/b6-4+. The molecular formula is C18H15BrN2O4. The van der Waals surface area contributed by atoms with Gasteiger partial charge >= 0.3 is 5.69 Å². The molecule has 7 heteroatoms.